The molecular formula is C14H19BrF3NO2. The van der Waals surface area contributed by atoms with Crippen molar-refractivity contribution in [3.8, 4) is 5.75 Å². The van der Waals surface area contributed by atoms with Crippen molar-refractivity contribution < 1.29 is 23.0 Å². The Morgan fingerprint density at radius 1 is 1.24 bits per heavy atom. The van der Waals surface area contributed by atoms with Crippen molar-refractivity contribution in [3.63, 3.8) is 0 Å². The van der Waals surface area contributed by atoms with Gasteiger partial charge < -0.3 is 15.2 Å². The molecule has 0 saturated heterocycles. The summed E-state index contributed by atoms with van der Waals surface area (Å²) in [4.78, 5) is 0. The maximum absolute atomic E-state index is 12.2. The van der Waals surface area contributed by atoms with Crippen molar-refractivity contribution in [3.05, 3.63) is 28.2 Å². The van der Waals surface area contributed by atoms with Crippen LogP contribution >= 0.6 is 15.9 Å². The van der Waals surface area contributed by atoms with Gasteiger partial charge in [-0.05, 0) is 46.5 Å². The maximum atomic E-state index is 12.2. The second-order valence-electron chi connectivity index (χ2n) is 4.81. The number of rotatable bonds is 7. The Morgan fingerprint density at radius 3 is 2.29 bits per heavy atom. The fourth-order valence-corrected chi connectivity index (χ4v) is 2.44. The van der Waals surface area contributed by atoms with E-state index in [4.69, 9.17) is 0 Å². The predicted molar refractivity (Wildman–Crippen MR) is 78.1 cm³/mol. The van der Waals surface area contributed by atoms with E-state index in [9.17, 15) is 18.3 Å². The number of alkyl halides is 3. The van der Waals surface area contributed by atoms with Crippen LogP contribution < -0.4 is 10.1 Å². The van der Waals surface area contributed by atoms with Crippen LogP contribution in [-0.2, 0) is 6.54 Å². The molecule has 21 heavy (non-hydrogen) atoms. The molecule has 0 aliphatic rings. The molecule has 0 atom stereocenters. The van der Waals surface area contributed by atoms with Gasteiger partial charge in [-0.3, -0.25) is 0 Å². The van der Waals surface area contributed by atoms with E-state index in [0.717, 1.165) is 18.4 Å². The van der Waals surface area contributed by atoms with Gasteiger partial charge in [0.1, 0.15) is 5.75 Å². The van der Waals surface area contributed by atoms with Gasteiger partial charge in [0.05, 0.1) is 11.1 Å². The molecule has 0 amide bonds. The van der Waals surface area contributed by atoms with Crippen molar-refractivity contribution in [2.24, 2.45) is 0 Å². The summed E-state index contributed by atoms with van der Waals surface area (Å²) >= 11 is 3.07. The highest BCUT2D eigenvalue weighted by molar-refractivity contribution is 9.10. The number of hydrogen-bond donors (Lipinski definition) is 2. The van der Waals surface area contributed by atoms with Crippen LogP contribution in [0.4, 0.5) is 13.2 Å². The number of aliphatic hydroxyl groups excluding tert-OH is 1. The van der Waals surface area contributed by atoms with Gasteiger partial charge >= 0.3 is 6.36 Å². The van der Waals surface area contributed by atoms with Crippen LogP contribution in [0, 0.1) is 0 Å². The fourth-order valence-electron chi connectivity index (χ4n) is 1.93. The highest BCUT2D eigenvalue weighted by Gasteiger charge is 2.32. The summed E-state index contributed by atoms with van der Waals surface area (Å²) in [5.74, 6) is -0.273. The molecule has 120 valence electrons. The first-order chi connectivity index (χ1) is 9.75. The highest BCUT2D eigenvalue weighted by atomic mass is 79.9. The first kappa shape index (κ1) is 18.3. The van der Waals surface area contributed by atoms with E-state index in [1.165, 1.54) is 6.07 Å². The van der Waals surface area contributed by atoms with Crippen LogP contribution in [0.15, 0.2) is 22.7 Å². The normalized spacial score (nSPS) is 12.5. The minimum absolute atomic E-state index is 0.0104. The molecular weight excluding hydrogens is 351 g/mol. The molecule has 0 fully saturated rings. The summed E-state index contributed by atoms with van der Waals surface area (Å²) in [6.45, 7) is 4.41. The zero-order valence-corrected chi connectivity index (χ0v) is 13.5. The van der Waals surface area contributed by atoms with Gasteiger partial charge in [-0.1, -0.05) is 19.9 Å². The second-order valence-corrected chi connectivity index (χ2v) is 5.67. The van der Waals surface area contributed by atoms with Crippen LogP contribution in [0.2, 0.25) is 0 Å². The summed E-state index contributed by atoms with van der Waals surface area (Å²) in [6, 6.07) is 4.40. The van der Waals surface area contributed by atoms with Crippen molar-refractivity contribution >= 4 is 15.9 Å². The third kappa shape index (κ3) is 5.48. The molecule has 3 nitrogen and oxygen atoms in total. The number of aliphatic hydroxyl groups is 1. The van der Waals surface area contributed by atoms with E-state index in [-0.39, 0.29) is 22.4 Å². The van der Waals surface area contributed by atoms with Gasteiger partial charge in [0.25, 0.3) is 0 Å². The quantitative estimate of drug-likeness (QED) is 0.763. The Morgan fingerprint density at radius 2 is 1.86 bits per heavy atom. The third-order valence-corrected chi connectivity index (χ3v) is 4.17. The summed E-state index contributed by atoms with van der Waals surface area (Å²) in [6.07, 6.45) is -3.19. The van der Waals surface area contributed by atoms with Gasteiger partial charge in [0, 0.05) is 12.1 Å². The minimum atomic E-state index is -4.71. The lowest BCUT2D eigenvalue weighted by Crippen LogP contribution is -2.47. The molecule has 0 aliphatic heterocycles. The smallest absolute Gasteiger partial charge is 0.405 e. The molecule has 0 spiro atoms. The molecule has 0 unspecified atom stereocenters. The number of nitrogens with one attached hydrogen (secondary N) is 1. The van der Waals surface area contributed by atoms with E-state index >= 15 is 0 Å². The van der Waals surface area contributed by atoms with Crippen molar-refractivity contribution in [2.45, 2.75) is 45.1 Å². The molecule has 0 saturated carbocycles. The fraction of sp³-hybridized carbons (Fsp3) is 0.571. The monoisotopic (exact) mass is 369 g/mol. The van der Waals surface area contributed by atoms with Gasteiger partial charge in [-0.25, -0.2) is 0 Å². The maximum Gasteiger partial charge on any atom is 0.573 e. The molecule has 1 rings (SSSR count). The average molecular weight is 370 g/mol. The molecule has 0 heterocycles. The summed E-state index contributed by atoms with van der Waals surface area (Å²) in [5, 5.41) is 12.7. The van der Waals surface area contributed by atoms with Crippen molar-refractivity contribution in [1.29, 1.82) is 0 Å². The molecule has 1 aromatic carbocycles. The molecule has 2 N–H and O–H groups in total. The van der Waals surface area contributed by atoms with Crippen LogP contribution in [0.1, 0.15) is 32.3 Å². The number of hydrogen-bond acceptors (Lipinski definition) is 3. The molecule has 0 aliphatic carbocycles. The molecule has 1 aromatic rings. The Labute approximate surface area is 130 Å². The summed E-state index contributed by atoms with van der Waals surface area (Å²) < 4.78 is 40.7. The number of benzene rings is 1. The standard InChI is InChI=1S/C14H19BrF3NO2/c1-3-13(4-2,9-20)19-8-10-5-6-12(11(15)7-10)21-14(16,17)18/h5-7,19-20H,3-4,8-9H2,1-2H3. The average Bonchev–Trinajstić information content (AvgIpc) is 2.42. The lowest BCUT2D eigenvalue weighted by molar-refractivity contribution is -0.274. The van der Waals surface area contributed by atoms with Crippen LogP contribution in [-0.4, -0.2) is 23.6 Å². The van der Waals surface area contributed by atoms with E-state index < -0.39 is 6.36 Å². The SMILES string of the molecule is CCC(CC)(CO)NCc1ccc(OC(F)(F)F)c(Br)c1. The van der Waals surface area contributed by atoms with E-state index in [1.54, 1.807) is 12.1 Å². The molecule has 7 heteroatoms. The van der Waals surface area contributed by atoms with E-state index in [2.05, 4.69) is 26.0 Å². The summed E-state index contributed by atoms with van der Waals surface area (Å²) in [7, 11) is 0. The van der Waals surface area contributed by atoms with E-state index in [0.29, 0.717) is 6.54 Å². The number of ether oxygens (including phenoxy) is 1. The lowest BCUT2D eigenvalue weighted by Gasteiger charge is -2.31. The Bertz CT molecular complexity index is 454. The largest absolute Gasteiger partial charge is 0.573 e. The zero-order chi connectivity index (χ0) is 16.1. The first-order valence-electron chi connectivity index (χ1n) is 6.65. The molecule has 0 radical (unpaired) electrons. The van der Waals surface area contributed by atoms with Gasteiger partial charge in [0.15, 0.2) is 0 Å². The highest BCUT2D eigenvalue weighted by Crippen LogP contribution is 2.31. The zero-order valence-electron chi connectivity index (χ0n) is 11.9. The van der Waals surface area contributed by atoms with Gasteiger partial charge in [0.2, 0.25) is 0 Å². The van der Waals surface area contributed by atoms with E-state index in [1.807, 2.05) is 13.8 Å². The first-order valence-corrected chi connectivity index (χ1v) is 7.44. The van der Waals surface area contributed by atoms with Crippen molar-refractivity contribution in [1.82, 2.24) is 5.32 Å². The van der Waals surface area contributed by atoms with Crippen LogP contribution in [0.5, 0.6) is 5.75 Å². The Hall–Kier alpha value is -0.790. The summed E-state index contributed by atoms with van der Waals surface area (Å²) in [5.41, 5.74) is 0.435. The van der Waals surface area contributed by atoms with Crippen LogP contribution in [0.3, 0.4) is 0 Å². The second kappa shape index (κ2) is 7.47. The number of halogens is 4. The van der Waals surface area contributed by atoms with Crippen LogP contribution in [0.25, 0.3) is 0 Å². The lowest BCUT2D eigenvalue weighted by atomic mass is 9.93. The topological polar surface area (TPSA) is 41.5 Å². The minimum Gasteiger partial charge on any atom is -0.405 e. The van der Waals surface area contributed by atoms with Crippen molar-refractivity contribution in [2.75, 3.05) is 6.61 Å². The molecule has 0 bridgehead atoms. The van der Waals surface area contributed by atoms with Gasteiger partial charge in [-0.2, -0.15) is 0 Å². The Kier molecular flexibility index (Phi) is 6.49. The Balaban J connectivity index is 2.76. The van der Waals surface area contributed by atoms with Gasteiger partial charge in [-0.15, -0.1) is 13.2 Å². The predicted octanol–water partition coefficient (Wildman–Crippen LogP) is 3.99. The molecule has 0 aromatic heterocycles. The third-order valence-electron chi connectivity index (χ3n) is 3.55.